The van der Waals surface area contributed by atoms with Crippen molar-refractivity contribution < 1.29 is 56.3 Å². The predicted molar refractivity (Wildman–Crippen MR) is 109 cm³/mol. The second kappa shape index (κ2) is 9.10. The monoisotopic (exact) mass is 553 g/mol. The van der Waals surface area contributed by atoms with E-state index in [1.54, 1.807) is 13.0 Å². The minimum atomic E-state index is -5.77. The van der Waals surface area contributed by atoms with Gasteiger partial charge in [0.1, 0.15) is 30.0 Å². The van der Waals surface area contributed by atoms with Crippen molar-refractivity contribution in [2.24, 2.45) is 5.41 Å². The number of hydrogen-bond acceptors (Lipinski definition) is 12. The molecule has 0 aromatic carbocycles. The summed E-state index contributed by atoms with van der Waals surface area (Å²) in [6.07, 6.45) is -2.26. The topological polar surface area (TPSA) is 267 Å². The highest BCUT2D eigenvalue weighted by Gasteiger charge is 2.67. The first-order chi connectivity index (χ1) is 16.0. The number of aliphatic hydroxyl groups is 1. The molecule has 1 saturated heterocycles. The number of aliphatic hydroxyl groups excluding tert-OH is 1. The molecule has 3 rings (SSSR count). The van der Waals surface area contributed by atoms with Gasteiger partial charge in [0.15, 0.2) is 0 Å². The standard InChI is InChI=1S/C15H18N5O12P3/c1-9-10-3-4-12(20(10)19-8-18-9)15(7-17)14(2,6-16)13(21)11(30-15)5-29-34(25,26)32-35(27,28)31-33(22,23)24/h3-4,8,11,13,21H,5H2,1-2H3,(H,25,26)(H,27,28)(H2,22,23,24)/t11-,13-,14-,15+/m1/s1. The van der Waals surface area contributed by atoms with Gasteiger partial charge in [-0.15, -0.1) is 0 Å². The van der Waals surface area contributed by atoms with Crippen molar-refractivity contribution in [3.8, 4) is 12.1 Å². The molecule has 1 aliphatic heterocycles. The molecule has 0 radical (unpaired) electrons. The fourth-order valence-electron chi connectivity index (χ4n) is 3.58. The number of aromatic nitrogens is 3. The van der Waals surface area contributed by atoms with Crippen LogP contribution in [0, 0.1) is 35.0 Å². The number of fused-ring (bicyclic) bond motifs is 1. The zero-order chi connectivity index (χ0) is 26.4. The molecule has 20 heteroatoms. The molecule has 2 unspecified atom stereocenters. The van der Waals surface area contributed by atoms with Gasteiger partial charge in [-0.25, -0.2) is 23.2 Å². The van der Waals surface area contributed by atoms with Crippen LogP contribution < -0.4 is 0 Å². The molecule has 0 bridgehead atoms. The molecule has 17 nitrogen and oxygen atoms in total. The van der Waals surface area contributed by atoms with Gasteiger partial charge in [-0.1, -0.05) is 0 Å². The van der Waals surface area contributed by atoms with Gasteiger partial charge < -0.3 is 29.4 Å². The number of phosphoric acid groups is 3. The van der Waals surface area contributed by atoms with Crippen LogP contribution in [0.1, 0.15) is 18.3 Å². The largest absolute Gasteiger partial charge is 0.490 e. The summed E-state index contributed by atoms with van der Waals surface area (Å²) in [4.78, 5) is 40.1. The lowest BCUT2D eigenvalue weighted by molar-refractivity contribution is -0.0575. The van der Waals surface area contributed by atoms with Crippen LogP contribution in [0.3, 0.4) is 0 Å². The number of ether oxygens (including phenoxy) is 1. The Bertz CT molecular complexity index is 1380. The first-order valence-corrected chi connectivity index (χ1v) is 13.8. The maximum absolute atomic E-state index is 12.0. The summed E-state index contributed by atoms with van der Waals surface area (Å²) >= 11 is 0. The van der Waals surface area contributed by atoms with Crippen molar-refractivity contribution in [3.05, 3.63) is 29.8 Å². The van der Waals surface area contributed by atoms with Gasteiger partial charge >= 0.3 is 23.5 Å². The zero-order valence-corrected chi connectivity index (χ0v) is 20.4. The second-order valence-corrected chi connectivity index (χ2v) is 11.9. The summed E-state index contributed by atoms with van der Waals surface area (Å²) in [5.74, 6) is 0. The molecule has 3 heterocycles. The number of nitriles is 2. The van der Waals surface area contributed by atoms with E-state index in [4.69, 9.17) is 14.5 Å². The molecular weight excluding hydrogens is 535 g/mol. The van der Waals surface area contributed by atoms with Gasteiger partial charge in [-0.05, 0) is 26.0 Å². The van der Waals surface area contributed by atoms with E-state index in [9.17, 15) is 39.1 Å². The highest BCUT2D eigenvalue weighted by Crippen LogP contribution is 2.66. The number of rotatable bonds is 8. The van der Waals surface area contributed by atoms with E-state index >= 15 is 0 Å². The van der Waals surface area contributed by atoms with E-state index < -0.39 is 53.3 Å². The number of aryl methyl sites for hydroxylation is 1. The van der Waals surface area contributed by atoms with Crippen LogP contribution in [0.25, 0.3) is 5.52 Å². The van der Waals surface area contributed by atoms with Gasteiger partial charge in [-0.3, -0.25) is 4.52 Å². The molecule has 0 amide bonds. The number of phosphoric ester groups is 1. The Morgan fingerprint density at radius 2 is 1.80 bits per heavy atom. The van der Waals surface area contributed by atoms with Gasteiger partial charge in [0.2, 0.25) is 5.60 Å². The predicted octanol–water partition coefficient (Wildman–Crippen LogP) is 0.389. The highest BCUT2D eigenvalue weighted by molar-refractivity contribution is 7.66. The average molecular weight is 553 g/mol. The second-order valence-electron chi connectivity index (χ2n) is 7.46. The molecule has 0 spiro atoms. The maximum atomic E-state index is 12.0. The molecule has 1 fully saturated rings. The molecule has 35 heavy (non-hydrogen) atoms. The first-order valence-electron chi connectivity index (χ1n) is 9.27. The van der Waals surface area contributed by atoms with Crippen LogP contribution in [0.5, 0.6) is 0 Å². The Kier molecular flexibility index (Phi) is 7.16. The van der Waals surface area contributed by atoms with Crippen molar-refractivity contribution >= 4 is 29.0 Å². The summed E-state index contributed by atoms with van der Waals surface area (Å²) in [5, 5.41) is 34.8. The summed E-state index contributed by atoms with van der Waals surface area (Å²) in [5.41, 5.74) is -3.14. The SMILES string of the molecule is Cc1ncnn2c([C@]3(C#N)O[C@H](COP(=O)(O)OP(=O)(O)OP(=O)(O)O)[C@@H](O)[C@@]3(C)C#N)ccc12. The van der Waals surface area contributed by atoms with Gasteiger partial charge in [0.25, 0.3) is 0 Å². The van der Waals surface area contributed by atoms with Crippen LogP contribution in [0.15, 0.2) is 18.5 Å². The van der Waals surface area contributed by atoms with Gasteiger partial charge in [0.05, 0.1) is 29.6 Å². The quantitative estimate of drug-likeness (QED) is 0.277. The minimum absolute atomic E-state index is 0.0319. The molecule has 0 saturated carbocycles. The molecule has 5 N–H and O–H groups in total. The molecule has 2 aromatic heterocycles. The summed E-state index contributed by atoms with van der Waals surface area (Å²) < 4.78 is 53.0. The smallest absolute Gasteiger partial charge is 0.388 e. The first kappa shape index (κ1) is 27.5. The molecule has 0 aliphatic carbocycles. The lowest BCUT2D eigenvalue weighted by Gasteiger charge is -2.31. The third kappa shape index (κ3) is 5.09. The minimum Gasteiger partial charge on any atom is -0.388 e. The Hall–Kier alpha value is -2.07. The van der Waals surface area contributed by atoms with Gasteiger partial charge in [0, 0.05) is 0 Å². The van der Waals surface area contributed by atoms with Crippen molar-refractivity contribution in [2.45, 2.75) is 31.7 Å². The van der Waals surface area contributed by atoms with Crippen molar-refractivity contribution in [3.63, 3.8) is 0 Å². The number of hydrogen-bond donors (Lipinski definition) is 5. The molecular formula is C15H18N5O12P3. The van der Waals surface area contributed by atoms with E-state index in [0.29, 0.717) is 11.2 Å². The van der Waals surface area contributed by atoms with Crippen molar-refractivity contribution in [1.29, 1.82) is 10.5 Å². The Morgan fingerprint density at radius 1 is 1.14 bits per heavy atom. The van der Waals surface area contributed by atoms with E-state index in [2.05, 4.69) is 23.2 Å². The Labute approximate surface area is 196 Å². The lowest BCUT2D eigenvalue weighted by Crippen LogP contribution is -2.45. The van der Waals surface area contributed by atoms with Gasteiger partial charge in [-0.2, -0.15) is 24.2 Å². The highest BCUT2D eigenvalue weighted by atomic mass is 31.3. The fraction of sp³-hybridized carbons (Fsp3) is 0.467. The molecule has 2 aromatic rings. The van der Waals surface area contributed by atoms with E-state index in [0.717, 1.165) is 0 Å². The van der Waals surface area contributed by atoms with Crippen LogP contribution >= 0.6 is 23.5 Å². The lowest BCUT2D eigenvalue weighted by atomic mass is 9.71. The third-order valence-electron chi connectivity index (χ3n) is 5.22. The zero-order valence-electron chi connectivity index (χ0n) is 17.8. The maximum Gasteiger partial charge on any atom is 0.490 e. The normalized spacial score (nSPS) is 30.3. The molecule has 1 aliphatic rings. The average Bonchev–Trinajstić information content (AvgIpc) is 3.24. The van der Waals surface area contributed by atoms with Crippen LogP contribution in [0.2, 0.25) is 0 Å². The van der Waals surface area contributed by atoms with Crippen LogP contribution in [-0.4, -0.2) is 58.1 Å². The van der Waals surface area contributed by atoms with Crippen LogP contribution in [0.4, 0.5) is 0 Å². The Morgan fingerprint density at radius 3 is 2.37 bits per heavy atom. The third-order valence-corrected chi connectivity index (χ3v) is 9.02. The molecule has 6 atom stereocenters. The van der Waals surface area contributed by atoms with Crippen LogP contribution in [-0.2, 0) is 37.2 Å². The van der Waals surface area contributed by atoms with E-state index in [1.807, 2.05) is 12.1 Å². The Balaban J connectivity index is 1.91. The van der Waals surface area contributed by atoms with E-state index in [-0.39, 0.29) is 5.69 Å². The van der Waals surface area contributed by atoms with E-state index in [1.165, 1.54) is 23.8 Å². The van der Waals surface area contributed by atoms with Crippen molar-refractivity contribution in [1.82, 2.24) is 14.6 Å². The fourth-order valence-corrected chi connectivity index (χ4v) is 6.61. The van der Waals surface area contributed by atoms with Crippen molar-refractivity contribution in [2.75, 3.05) is 6.61 Å². The summed E-state index contributed by atoms with van der Waals surface area (Å²) in [6, 6.07) is 6.66. The summed E-state index contributed by atoms with van der Waals surface area (Å²) in [6.45, 7) is 1.81. The molecule has 190 valence electrons. The summed E-state index contributed by atoms with van der Waals surface area (Å²) in [7, 11) is -16.9. The number of nitrogens with zero attached hydrogens (tertiary/aromatic N) is 5.